The van der Waals surface area contributed by atoms with Crippen LogP contribution in [0.3, 0.4) is 0 Å². The molecular formula is C19H24N2O2. The van der Waals surface area contributed by atoms with E-state index in [1.54, 1.807) is 6.08 Å². The number of carbonyl (C=O) groups is 1. The van der Waals surface area contributed by atoms with Gasteiger partial charge in [0.1, 0.15) is 12.6 Å². The van der Waals surface area contributed by atoms with Gasteiger partial charge in [0.05, 0.1) is 0 Å². The molecule has 2 rings (SSSR count). The quantitative estimate of drug-likeness (QED) is 0.552. The molecule has 122 valence electrons. The molecule has 0 aliphatic carbocycles. The van der Waals surface area contributed by atoms with Gasteiger partial charge in [-0.3, -0.25) is 4.79 Å². The highest BCUT2D eigenvalue weighted by Crippen LogP contribution is 2.15. The van der Waals surface area contributed by atoms with Gasteiger partial charge in [-0.2, -0.15) is 0 Å². The number of ether oxygens (including phenoxy) is 1. The molecule has 4 heteroatoms. The van der Waals surface area contributed by atoms with Crippen molar-refractivity contribution in [3.05, 3.63) is 60.7 Å². The SMILES string of the molecule is C=CCOC(=O)[C@H](CCCN)NCc1ccc2ccccc2c1. The zero-order chi connectivity index (χ0) is 16.5. The van der Waals surface area contributed by atoms with Crippen molar-refractivity contribution in [1.29, 1.82) is 0 Å². The summed E-state index contributed by atoms with van der Waals surface area (Å²) in [4.78, 5) is 12.1. The molecule has 0 radical (unpaired) electrons. The minimum absolute atomic E-state index is 0.232. The van der Waals surface area contributed by atoms with E-state index in [9.17, 15) is 4.79 Å². The van der Waals surface area contributed by atoms with Crippen LogP contribution in [0.2, 0.25) is 0 Å². The fourth-order valence-electron chi connectivity index (χ4n) is 2.46. The Balaban J connectivity index is 2.00. The van der Waals surface area contributed by atoms with Crippen LogP contribution in [0.4, 0.5) is 0 Å². The van der Waals surface area contributed by atoms with Crippen molar-refractivity contribution in [3.63, 3.8) is 0 Å². The number of hydrogen-bond donors (Lipinski definition) is 2. The number of fused-ring (bicyclic) bond motifs is 1. The number of benzene rings is 2. The van der Waals surface area contributed by atoms with Crippen LogP contribution in [-0.4, -0.2) is 25.2 Å². The Bertz CT molecular complexity index is 655. The van der Waals surface area contributed by atoms with E-state index in [0.29, 0.717) is 19.5 Å². The monoisotopic (exact) mass is 312 g/mol. The van der Waals surface area contributed by atoms with Crippen LogP contribution in [0.15, 0.2) is 55.1 Å². The largest absolute Gasteiger partial charge is 0.460 e. The molecule has 0 amide bonds. The van der Waals surface area contributed by atoms with Crippen LogP contribution in [0.5, 0.6) is 0 Å². The summed E-state index contributed by atoms with van der Waals surface area (Å²) in [5.74, 6) is -0.251. The molecule has 4 nitrogen and oxygen atoms in total. The molecule has 0 aromatic heterocycles. The molecule has 0 fully saturated rings. The van der Waals surface area contributed by atoms with Crippen molar-refractivity contribution >= 4 is 16.7 Å². The number of carbonyl (C=O) groups excluding carboxylic acids is 1. The van der Waals surface area contributed by atoms with Crippen LogP contribution in [0, 0.1) is 0 Å². The predicted molar refractivity (Wildman–Crippen MR) is 94.0 cm³/mol. The van der Waals surface area contributed by atoms with Gasteiger partial charge in [0, 0.05) is 6.54 Å². The van der Waals surface area contributed by atoms with Crippen LogP contribution < -0.4 is 11.1 Å². The average molecular weight is 312 g/mol. The first-order chi connectivity index (χ1) is 11.2. The van der Waals surface area contributed by atoms with E-state index in [1.807, 2.05) is 12.1 Å². The molecule has 0 unspecified atom stereocenters. The van der Waals surface area contributed by atoms with E-state index in [0.717, 1.165) is 12.0 Å². The second-order valence-electron chi connectivity index (χ2n) is 5.46. The maximum absolute atomic E-state index is 12.1. The first-order valence-electron chi connectivity index (χ1n) is 7.93. The van der Waals surface area contributed by atoms with Crippen molar-refractivity contribution in [2.45, 2.75) is 25.4 Å². The lowest BCUT2D eigenvalue weighted by Crippen LogP contribution is -2.38. The lowest BCUT2D eigenvalue weighted by atomic mass is 10.1. The van der Waals surface area contributed by atoms with Gasteiger partial charge in [-0.1, -0.05) is 49.1 Å². The highest BCUT2D eigenvalue weighted by atomic mass is 16.5. The number of esters is 1. The summed E-state index contributed by atoms with van der Waals surface area (Å²) in [5, 5.41) is 5.68. The van der Waals surface area contributed by atoms with Crippen LogP contribution in [0.25, 0.3) is 10.8 Å². The second kappa shape index (κ2) is 9.08. The van der Waals surface area contributed by atoms with Gasteiger partial charge in [0.2, 0.25) is 0 Å². The smallest absolute Gasteiger partial charge is 0.323 e. The molecule has 2 aromatic rings. The predicted octanol–water partition coefficient (Wildman–Crippen LogP) is 2.77. The number of nitrogens with one attached hydrogen (secondary N) is 1. The normalized spacial score (nSPS) is 12.0. The molecule has 0 heterocycles. The Morgan fingerprint density at radius 3 is 2.78 bits per heavy atom. The number of nitrogens with two attached hydrogens (primary N) is 1. The van der Waals surface area contributed by atoms with Crippen molar-refractivity contribution < 1.29 is 9.53 Å². The Kier molecular flexibility index (Phi) is 6.78. The first kappa shape index (κ1) is 17.2. The van der Waals surface area contributed by atoms with Crippen LogP contribution in [0.1, 0.15) is 18.4 Å². The maximum atomic E-state index is 12.1. The van der Waals surface area contributed by atoms with E-state index in [-0.39, 0.29) is 18.6 Å². The van der Waals surface area contributed by atoms with Crippen LogP contribution >= 0.6 is 0 Å². The summed E-state index contributed by atoms with van der Waals surface area (Å²) < 4.78 is 5.15. The molecule has 0 aliphatic heterocycles. The van der Waals surface area contributed by atoms with Gasteiger partial charge in [-0.25, -0.2) is 0 Å². The average Bonchev–Trinajstić information content (AvgIpc) is 2.59. The van der Waals surface area contributed by atoms with Gasteiger partial charge in [0.15, 0.2) is 0 Å². The Morgan fingerprint density at radius 2 is 2.04 bits per heavy atom. The summed E-state index contributed by atoms with van der Waals surface area (Å²) in [6.45, 7) is 4.96. The number of hydrogen-bond acceptors (Lipinski definition) is 4. The Hall–Kier alpha value is -2.17. The van der Waals surface area contributed by atoms with Crippen molar-refractivity contribution in [2.24, 2.45) is 5.73 Å². The Morgan fingerprint density at radius 1 is 1.26 bits per heavy atom. The van der Waals surface area contributed by atoms with E-state index in [2.05, 4.69) is 42.2 Å². The lowest BCUT2D eigenvalue weighted by Gasteiger charge is -2.17. The summed E-state index contributed by atoms with van der Waals surface area (Å²) in [6, 6.07) is 14.2. The Labute approximate surface area is 137 Å². The van der Waals surface area contributed by atoms with Gasteiger partial charge < -0.3 is 15.8 Å². The van der Waals surface area contributed by atoms with Crippen molar-refractivity contribution in [2.75, 3.05) is 13.2 Å². The van der Waals surface area contributed by atoms with Gasteiger partial charge in [0.25, 0.3) is 0 Å². The molecular weight excluding hydrogens is 288 g/mol. The topological polar surface area (TPSA) is 64.3 Å². The van der Waals surface area contributed by atoms with E-state index in [4.69, 9.17) is 10.5 Å². The zero-order valence-electron chi connectivity index (χ0n) is 13.3. The minimum Gasteiger partial charge on any atom is -0.460 e. The standard InChI is InChI=1S/C19H24N2O2/c1-2-12-23-19(22)18(8-5-11-20)21-14-15-9-10-16-6-3-4-7-17(16)13-15/h2-4,6-7,9-10,13,18,21H,1,5,8,11-12,14,20H2/t18-/m0/s1. The van der Waals surface area contributed by atoms with E-state index >= 15 is 0 Å². The zero-order valence-corrected chi connectivity index (χ0v) is 13.3. The lowest BCUT2D eigenvalue weighted by molar-refractivity contribution is -0.145. The van der Waals surface area contributed by atoms with Crippen molar-refractivity contribution in [1.82, 2.24) is 5.32 Å². The highest BCUT2D eigenvalue weighted by Gasteiger charge is 2.18. The third-order valence-corrected chi connectivity index (χ3v) is 3.69. The molecule has 0 saturated heterocycles. The molecule has 0 bridgehead atoms. The third-order valence-electron chi connectivity index (χ3n) is 3.69. The summed E-state index contributed by atoms with van der Waals surface area (Å²) in [5.41, 5.74) is 6.69. The number of rotatable bonds is 9. The molecule has 0 spiro atoms. The summed E-state index contributed by atoms with van der Waals surface area (Å²) in [7, 11) is 0. The molecule has 0 aliphatic rings. The van der Waals surface area contributed by atoms with Crippen LogP contribution in [-0.2, 0) is 16.1 Å². The molecule has 23 heavy (non-hydrogen) atoms. The van der Waals surface area contributed by atoms with Gasteiger partial charge >= 0.3 is 5.97 Å². The summed E-state index contributed by atoms with van der Waals surface area (Å²) >= 11 is 0. The third kappa shape index (κ3) is 5.20. The van der Waals surface area contributed by atoms with E-state index < -0.39 is 0 Å². The summed E-state index contributed by atoms with van der Waals surface area (Å²) in [6.07, 6.45) is 3.01. The fourth-order valence-corrected chi connectivity index (χ4v) is 2.46. The maximum Gasteiger partial charge on any atom is 0.323 e. The highest BCUT2D eigenvalue weighted by molar-refractivity contribution is 5.83. The minimum atomic E-state index is -0.343. The molecule has 2 aromatic carbocycles. The molecule has 3 N–H and O–H groups in total. The first-order valence-corrected chi connectivity index (χ1v) is 7.93. The van der Waals surface area contributed by atoms with Gasteiger partial charge in [-0.15, -0.1) is 0 Å². The van der Waals surface area contributed by atoms with Crippen molar-refractivity contribution in [3.8, 4) is 0 Å². The van der Waals surface area contributed by atoms with Gasteiger partial charge in [-0.05, 0) is 41.8 Å². The second-order valence-corrected chi connectivity index (χ2v) is 5.46. The van der Waals surface area contributed by atoms with E-state index in [1.165, 1.54) is 10.8 Å². The fraction of sp³-hybridized carbons (Fsp3) is 0.316. The molecule has 1 atom stereocenters. The molecule has 0 saturated carbocycles.